The molecule has 0 saturated heterocycles. The molecule has 106 valence electrons. The average Bonchev–Trinajstić information content (AvgIpc) is 2.36. The highest BCUT2D eigenvalue weighted by Gasteiger charge is 2.05. The van der Waals surface area contributed by atoms with Crippen molar-refractivity contribution >= 4 is 17.6 Å². The third-order valence-electron chi connectivity index (χ3n) is 2.53. The Morgan fingerprint density at radius 2 is 2.26 bits per heavy atom. The predicted octanol–water partition coefficient (Wildman–Crippen LogP) is 2.96. The first-order valence-electron chi connectivity index (χ1n) is 6.15. The molecule has 6 heteroatoms. The normalized spacial score (nSPS) is 11.8. The molecule has 0 heterocycles. The summed E-state index contributed by atoms with van der Waals surface area (Å²) in [5.74, 6) is -0.0180. The van der Waals surface area contributed by atoms with Crippen LogP contribution in [0.3, 0.4) is 0 Å². The third kappa shape index (κ3) is 5.79. The maximum absolute atomic E-state index is 12.8. The van der Waals surface area contributed by atoms with E-state index in [0.29, 0.717) is 12.3 Å². The molecule has 0 bridgehead atoms. The van der Waals surface area contributed by atoms with E-state index in [-0.39, 0.29) is 23.7 Å². The molecule has 4 nitrogen and oxygen atoms in total. The van der Waals surface area contributed by atoms with Crippen molar-refractivity contribution in [3.8, 4) is 5.75 Å². The topological polar surface area (TPSA) is 50.4 Å². The number of benzene rings is 1. The summed E-state index contributed by atoms with van der Waals surface area (Å²) >= 11 is 5.79. The molecule has 0 radical (unpaired) electrons. The maximum Gasteiger partial charge on any atom is 0.315 e. The van der Waals surface area contributed by atoms with Crippen molar-refractivity contribution in [2.45, 2.75) is 26.3 Å². The van der Waals surface area contributed by atoms with E-state index in [1.165, 1.54) is 18.2 Å². The van der Waals surface area contributed by atoms with Crippen molar-refractivity contribution in [2.75, 3.05) is 13.2 Å². The highest BCUT2D eigenvalue weighted by molar-refractivity contribution is 6.32. The van der Waals surface area contributed by atoms with E-state index in [0.717, 1.165) is 6.42 Å². The van der Waals surface area contributed by atoms with Crippen LogP contribution < -0.4 is 15.4 Å². The van der Waals surface area contributed by atoms with Crippen LogP contribution in [0.15, 0.2) is 18.2 Å². The number of nitrogens with one attached hydrogen (secondary N) is 2. The van der Waals surface area contributed by atoms with Gasteiger partial charge in [0, 0.05) is 6.04 Å². The molecule has 0 aliphatic heterocycles. The Morgan fingerprint density at radius 1 is 1.53 bits per heavy atom. The van der Waals surface area contributed by atoms with Gasteiger partial charge in [0.25, 0.3) is 0 Å². The summed E-state index contributed by atoms with van der Waals surface area (Å²) < 4.78 is 18.1. The van der Waals surface area contributed by atoms with Crippen LogP contribution in [-0.2, 0) is 0 Å². The van der Waals surface area contributed by atoms with Crippen LogP contribution in [0.25, 0.3) is 0 Å². The van der Waals surface area contributed by atoms with Crippen molar-refractivity contribution < 1.29 is 13.9 Å². The van der Waals surface area contributed by atoms with Crippen LogP contribution in [0.4, 0.5) is 9.18 Å². The van der Waals surface area contributed by atoms with Gasteiger partial charge < -0.3 is 15.4 Å². The van der Waals surface area contributed by atoms with Crippen molar-refractivity contribution in [1.29, 1.82) is 0 Å². The van der Waals surface area contributed by atoms with E-state index in [1.54, 1.807) is 0 Å². The summed E-state index contributed by atoms with van der Waals surface area (Å²) in [7, 11) is 0. The van der Waals surface area contributed by atoms with Crippen LogP contribution in [0.1, 0.15) is 20.3 Å². The first-order chi connectivity index (χ1) is 9.02. The van der Waals surface area contributed by atoms with Gasteiger partial charge in [-0.05, 0) is 31.5 Å². The molecular weight excluding hydrogens is 271 g/mol. The fourth-order valence-corrected chi connectivity index (χ4v) is 1.52. The van der Waals surface area contributed by atoms with Gasteiger partial charge in [0.2, 0.25) is 0 Å². The Bertz CT molecular complexity index is 429. The largest absolute Gasteiger partial charge is 0.490 e. The molecule has 0 aromatic heterocycles. The number of hydrogen-bond acceptors (Lipinski definition) is 2. The zero-order valence-corrected chi connectivity index (χ0v) is 11.8. The van der Waals surface area contributed by atoms with Crippen LogP contribution in [-0.4, -0.2) is 25.2 Å². The second-order valence-corrected chi connectivity index (χ2v) is 4.54. The number of hydrogen-bond donors (Lipinski definition) is 2. The lowest BCUT2D eigenvalue weighted by atomic mass is 10.3. The van der Waals surface area contributed by atoms with Crippen LogP contribution in [0.5, 0.6) is 5.75 Å². The van der Waals surface area contributed by atoms with Crippen molar-refractivity contribution in [3.05, 3.63) is 29.0 Å². The lowest BCUT2D eigenvalue weighted by Gasteiger charge is -2.13. The van der Waals surface area contributed by atoms with E-state index in [9.17, 15) is 9.18 Å². The lowest BCUT2D eigenvalue weighted by Crippen LogP contribution is -2.41. The van der Waals surface area contributed by atoms with Gasteiger partial charge in [-0.25, -0.2) is 9.18 Å². The van der Waals surface area contributed by atoms with Crippen molar-refractivity contribution in [3.63, 3.8) is 0 Å². The summed E-state index contributed by atoms with van der Waals surface area (Å²) in [6.45, 7) is 4.52. The second-order valence-electron chi connectivity index (χ2n) is 4.13. The summed E-state index contributed by atoms with van der Waals surface area (Å²) in [4.78, 5) is 11.4. The third-order valence-corrected chi connectivity index (χ3v) is 2.82. The molecule has 1 unspecified atom stereocenters. The van der Waals surface area contributed by atoms with Crippen molar-refractivity contribution in [1.82, 2.24) is 10.6 Å². The maximum atomic E-state index is 12.8. The quantitative estimate of drug-likeness (QED) is 0.791. The summed E-state index contributed by atoms with van der Waals surface area (Å²) in [5, 5.41) is 5.63. The standard InChI is InChI=1S/C13H18ClFN2O2/c1-3-9(2)17-13(18)16-6-7-19-12-5-4-10(15)8-11(12)14/h4-5,8-9H,3,6-7H2,1-2H3,(H2,16,17,18). The predicted molar refractivity (Wildman–Crippen MR) is 73.2 cm³/mol. The van der Waals surface area contributed by atoms with Gasteiger partial charge in [0.05, 0.1) is 11.6 Å². The van der Waals surface area contributed by atoms with Gasteiger partial charge in [-0.2, -0.15) is 0 Å². The summed E-state index contributed by atoms with van der Waals surface area (Å²) in [6, 6.07) is 3.80. The first kappa shape index (κ1) is 15.6. The lowest BCUT2D eigenvalue weighted by molar-refractivity contribution is 0.233. The molecule has 0 aliphatic rings. The molecule has 1 atom stereocenters. The Labute approximate surface area is 117 Å². The number of carbonyl (C=O) groups is 1. The highest BCUT2D eigenvalue weighted by atomic mass is 35.5. The van der Waals surface area contributed by atoms with Gasteiger partial charge in [-0.1, -0.05) is 18.5 Å². The van der Waals surface area contributed by atoms with E-state index in [2.05, 4.69) is 10.6 Å². The highest BCUT2D eigenvalue weighted by Crippen LogP contribution is 2.24. The van der Waals surface area contributed by atoms with Crippen molar-refractivity contribution in [2.24, 2.45) is 0 Å². The molecule has 1 aromatic carbocycles. The number of ether oxygens (including phenoxy) is 1. The SMILES string of the molecule is CCC(C)NC(=O)NCCOc1ccc(F)cc1Cl. The second kappa shape index (κ2) is 7.84. The molecule has 0 saturated carbocycles. The van der Waals surface area contributed by atoms with Gasteiger partial charge in [0.1, 0.15) is 18.2 Å². The average molecular weight is 289 g/mol. The minimum absolute atomic E-state index is 0.132. The Hall–Kier alpha value is -1.49. The zero-order valence-electron chi connectivity index (χ0n) is 11.0. The molecule has 1 aromatic rings. The first-order valence-corrected chi connectivity index (χ1v) is 6.53. The fraction of sp³-hybridized carbons (Fsp3) is 0.462. The molecule has 2 amide bonds. The molecule has 0 fully saturated rings. The van der Waals surface area contributed by atoms with E-state index in [1.807, 2.05) is 13.8 Å². The number of halogens is 2. The molecule has 19 heavy (non-hydrogen) atoms. The number of urea groups is 1. The minimum Gasteiger partial charge on any atom is -0.490 e. The van der Waals surface area contributed by atoms with Crippen LogP contribution >= 0.6 is 11.6 Å². The number of rotatable bonds is 6. The molecule has 1 rings (SSSR count). The van der Waals surface area contributed by atoms with Gasteiger partial charge in [-0.3, -0.25) is 0 Å². The summed E-state index contributed by atoms with van der Waals surface area (Å²) in [6.07, 6.45) is 0.870. The number of amides is 2. The Morgan fingerprint density at radius 3 is 2.89 bits per heavy atom. The smallest absolute Gasteiger partial charge is 0.315 e. The molecule has 0 aliphatic carbocycles. The van der Waals surface area contributed by atoms with E-state index >= 15 is 0 Å². The fourth-order valence-electron chi connectivity index (χ4n) is 1.29. The van der Waals surface area contributed by atoms with Gasteiger partial charge in [0.15, 0.2) is 0 Å². The molecule has 0 spiro atoms. The van der Waals surface area contributed by atoms with Crippen LogP contribution in [0.2, 0.25) is 5.02 Å². The van der Waals surface area contributed by atoms with Gasteiger partial charge in [-0.15, -0.1) is 0 Å². The molecule has 2 N–H and O–H groups in total. The Balaban J connectivity index is 2.25. The van der Waals surface area contributed by atoms with E-state index in [4.69, 9.17) is 16.3 Å². The minimum atomic E-state index is -0.414. The van der Waals surface area contributed by atoms with Gasteiger partial charge >= 0.3 is 6.03 Å². The zero-order chi connectivity index (χ0) is 14.3. The van der Waals surface area contributed by atoms with E-state index < -0.39 is 5.82 Å². The van der Waals surface area contributed by atoms with Crippen LogP contribution in [0, 0.1) is 5.82 Å². The summed E-state index contributed by atoms with van der Waals surface area (Å²) in [5.41, 5.74) is 0. The Kier molecular flexibility index (Phi) is 6.42. The molecular formula is C13H18ClFN2O2. The monoisotopic (exact) mass is 288 g/mol. The number of carbonyl (C=O) groups excluding carboxylic acids is 1.